The number of hydrogen-bond donors (Lipinski definition) is 0. The van der Waals surface area contributed by atoms with E-state index in [0.717, 1.165) is 0 Å². The smallest absolute Gasteiger partial charge is 0.810 e. The molecule has 5 nitrogen and oxygen atoms in total. The molecule has 0 aromatic carbocycles. The first kappa shape index (κ1) is 16.7. The second kappa shape index (κ2) is 7.51. The fourth-order valence-electron chi connectivity index (χ4n) is 0.610. The number of nitrogens with zero attached hydrogens (tertiary/aromatic N) is 2. The van der Waals surface area contributed by atoms with Gasteiger partial charge in [-0.1, -0.05) is 7.60 Å². The normalized spacial score (nSPS) is 9.69. The van der Waals surface area contributed by atoms with Gasteiger partial charge in [-0.25, -0.2) is 9.97 Å². The van der Waals surface area contributed by atoms with E-state index in [1.807, 2.05) is 0 Å². The van der Waals surface area contributed by atoms with E-state index in [9.17, 15) is 14.4 Å². The van der Waals surface area contributed by atoms with Crippen molar-refractivity contribution in [1.82, 2.24) is 9.97 Å². The standard InChI is InChI=1S/C5H7N2O3P.2Na/c8-11(9,10)3-5-1-2-6-4-7-5;;/h1-2,4H,3H2,(H2,8,9,10);;/q;2*+1/p-2. The predicted octanol–water partition coefficient (Wildman–Crippen LogP) is -7.10. The van der Waals surface area contributed by atoms with Gasteiger partial charge in [-0.2, -0.15) is 0 Å². The van der Waals surface area contributed by atoms with E-state index in [4.69, 9.17) is 0 Å². The maximum absolute atomic E-state index is 10.2. The summed E-state index contributed by atoms with van der Waals surface area (Å²) in [5, 5.41) is 0. The number of aromatic nitrogens is 2. The molecule has 0 radical (unpaired) electrons. The Morgan fingerprint density at radius 3 is 2.38 bits per heavy atom. The second-order valence-electron chi connectivity index (χ2n) is 1.97. The fourth-order valence-corrected chi connectivity index (χ4v) is 1.19. The third-order valence-electron chi connectivity index (χ3n) is 0.999. The molecule has 0 N–H and O–H groups in total. The predicted molar refractivity (Wildman–Crippen MR) is 33.3 cm³/mol. The summed E-state index contributed by atoms with van der Waals surface area (Å²) >= 11 is 0. The van der Waals surface area contributed by atoms with Crippen LogP contribution in [-0.2, 0) is 10.7 Å². The zero-order chi connectivity index (χ0) is 8.32. The molecule has 0 bridgehead atoms. The van der Waals surface area contributed by atoms with E-state index in [2.05, 4.69) is 9.97 Å². The molecule has 1 rings (SSSR count). The molecule has 60 valence electrons. The van der Waals surface area contributed by atoms with Gasteiger partial charge < -0.3 is 14.4 Å². The van der Waals surface area contributed by atoms with Crippen molar-refractivity contribution in [2.24, 2.45) is 0 Å². The van der Waals surface area contributed by atoms with E-state index in [0.29, 0.717) is 0 Å². The summed E-state index contributed by atoms with van der Waals surface area (Å²) in [5.41, 5.74) is 0.230. The molecule has 0 saturated carbocycles. The molecule has 0 aliphatic heterocycles. The molecule has 1 aromatic heterocycles. The summed E-state index contributed by atoms with van der Waals surface area (Å²) < 4.78 is 10.2. The molecule has 8 heteroatoms. The molecular weight excluding hydrogens is 213 g/mol. The Hall–Kier alpha value is 1.23. The summed E-state index contributed by atoms with van der Waals surface area (Å²) in [6, 6.07) is 1.39. The van der Waals surface area contributed by atoms with Crippen molar-refractivity contribution in [1.29, 1.82) is 0 Å². The average Bonchev–Trinajstić information content (AvgIpc) is 1.85. The van der Waals surface area contributed by atoms with Gasteiger partial charge in [0.25, 0.3) is 0 Å². The van der Waals surface area contributed by atoms with E-state index < -0.39 is 13.8 Å². The van der Waals surface area contributed by atoms with Gasteiger partial charge in [0, 0.05) is 18.1 Å². The minimum absolute atomic E-state index is 0. The molecule has 0 atom stereocenters. The summed E-state index contributed by atoms with van der Waals surface area (Å²) in [6.07, 6.45) is 2.04. The Bertz CT molecular complexity index is 278. The molecule has 0 amide bonds. The van der Waals surface area contributed by atoms with Gasteiger partial charge in [0.2, 0.25) is 0 Å². The maximum atomic E-state index is 10.2. The van der Waals surface area contributed by atoms with Crippen LogP contribution in [0.25, 0.3) is 0 Å². The van der Waals surface area contributed by atoms with Crippen LogP contribution in [0.3, 0.4) is 0 Å². The second-order valence-corrected chi connectivity index (χ2v) is 3.51. The monoisotopic (exact) mass is 218 g/mol. The number of hydrogen-bond acceptors (Lipinski definition) is 5. The van der Waals surface area contributed by atoms with Crippen LogP contribution in [0.5, 0.6) is 0 Å². The van der Waals surface area contributed by atoms with Crippen LogP contribution in [0, 0.1) is 0 Å². The zero-order valence-electron chi connectivity index (χ0n) is 7.51. The molecule has 0 aliphatic rings. The molecule has 0 unspecified atom stereocenters. The van der Waals surface area contributed by atoms with Gasteiger partial charge in [0.1, 0.15) is 6.33 Å². The zero-order valence-corrected chi connectivity index (χ0v) is 12.4. The van der Waals surface area contributed by atoms with Crippen molar-refractivity contribution in [3.8, 4) is 0 Å². The summed E-state index contributed by atoms with van der Waals surface area (Å²) in [6.45, 7) is 0. The Kier molecular flexibility index (Phi) is 9.62. The van der Waals surface area contributed by atoms with Crippen molar-refractivity contribution < 1.29 is 73.5 Å². The maximum Gasteiger partial charge on any atom is 1.00 e. The minimum atomic E-state index is -4.48. The van der Waals surface area contributed by atoms with E-state index >= 15 is 0 Å². The fraction of sp³-hybridized carbons (Fsp3) is 0.200. The van der Waals surface area contributed by atoms with Gasteiger partial charge >= 0.3 is 59.1 Å². The third kappa shape index (κ3) is 8.24. The van der Waals surface area contributed by atoms with Crippen LogP contribution in [0.1, 0.15) is 5.69 Å². The van der Waals surface area contributed by atoms with Crippen molar-refractivity contribution in [3.05, 3.63) is 24.3 Å². The Labute approximate surface area is 120 Å². The van der Waals surface area contributed by atoms with E-state index in [1.54, 1.807) is 0 Å². The Morgan fingerprint density at radius 2 is 2.00 bits per heavy atom. The summed E-state index contributed by atoms with van der Waals surface area (Å²) in [4.78, 5) is 27.6. The van der Waals surface area contributed by atoms with Crippen LogP contribution in [0.15, 0.2) is 18.6 Å². The summed E-state index contributed by atoms with van der Waals surface area (Å²) in [5.74, 6) is 0. The number of rotatable bonds is 2. The SMILES string of the molecule is O=P([O-])([O-])Cc1ccncn1.[Na+].[Na+]. The first-order valence-corrected chi connectivity index (χ1v) is 4.57. The molecule has 13 heavy (non-hydrogen) atoms. The van der Waals surface area contributed by atoms with Gasteiger partial charge in [0.15, 0.2) is 0 Å². The van der Waals surface area contributed by atoms with Gasteiger partial charge in [-0.15, -0.1) is 0 Å². The van der Waals surface area contributed by atoms with Crippen LogP contribution in [0.4, 0.5) is 0 Å². The molecule has 0 spiro atoms. The van der Waals surface area contributed by atoms with Crippen LogP contribution in [0.2, 0.25) is 0 Å². The van der Waals surface area contributed by atoms with Crippen LogP contribution in [-0.4, -0.2) is 9.97 Å². The van der Waals surface area contributed by atoms with Crippen molar-refractivity contribution in [2.45, 2.75) is 6.16 Å². The molecule has 1 aromatic rings. The summed E-state index contributed by atoms with van der Waals surface area (Å²) in [7, 11) is -4.48. The van der Waals surface area contributed by atoms with Crippen molar-refractivity contribution in [3.63, 3.8) is 0 Å². The molecule has 1 heterocycles. The topological polar surface area (TPSA) is 89.0 Å². The quantitative estimate of drug-likeness (QED) is 0.363. The van der Waals surface area contributed by atoms with E-state index in [1.165, 1.54) is 18.6 Å². The third-order valence-corrected chi connectivity index (χ3v) is 1.71. The van der Waals surface area contributed by atoms with Gasteiger partial charge in [-0.05, 0) is 6.07 Å². The van der Waals surface area contributed by atoms with Gasteiger partial charge in [-0.3, -0.25) is 0 Å². The van der Waals surface area contributed by atoms with Gasteiger partial charge in [0.05, 0.1) is 0 Å². The first-order valence-electron chi connectivity index (χ1n) is 2.84. The minimum Gasteiger partial charge on any atom is -0.810 e. The first-order chi connectivity index (χ1) is 5.08. The van der Waals surface area contributed by atoms with Crippen molar-refractivity contribution in [2.75, 3.05) is 0 Å². The average molecular weight is 218 g/mol. The van der Waals surface area contributed by atoms with Crippen molar-refractivity contribution >= 4 is 7.60 Å². The van der Waals surface area contributed by atoms with Crippen LogP contribution >= 0.6 is 7.60 Å². The molecule has 0 saturated heterocycles. The molecule has 0 aliphatic carbocycles. The Morgan fingerprint density at radius 1 is 1.38 bits per heavy atom. The Balaban J connectivity index is 0. The van der Waals surface area contributed by atoms with E-state index in [-0.39, 0.29) is 64.8 Å². The molecule has 0 fully saturated rings. The molecular formula is C5H5N2Na2O3P. The van der Waals surface area contributed by atoms with Crippen LogP contribution < -0.4 is 68.9 Å². The largest absolute Gasteiger partial charge is 1.00 e.